The Hall–Kier alpha value is -2.57. The van der Waals surface area contributed by atoms with Gasteiger partial charge in [-0.05, 0) is 18.9 Å². The molecule has 0 bridgehead atoms. The van der Waals surface area contributed by atoms with Crippen LogP contribution in [0.2, 0.25) is 0 Å². The predicted octanol–water partition coefficient (Wildman–Crippen LogP) is 0.165. The van der Waals surface area contributed by atoms with Crippen LogP contribution in [0.3, 0.4) is 0 Å². The van der Waals surface area contributed by atoms with Crippen LogP contribution in [-0.4, -0.2) is 35.6 Å². The molecule has 0 aliphatic heterocycles. The number of hydrogen-bond donors (Lipinski definition) is 4. The number of carboxylic acid groups (broad SMARTS) is 1. The topological polar surface area (TPSA) is 122 Å². The minimum atomic E-state index is -1.32. The van der Waals surface area contributed by atoms with Gasteiger partial charge in [0.25, 0.3) is 0 Å². The highest BCUT2D eigenvalue weighted by molar-refractivity contribution is 5.87. The van der Waals surface area contributed by atoms with Crippen LogP contribution in [0.15, 0.2) is 24.3 Å². The third kappa shape index (κ3) is 6.42. The molecular formula is C14H19N3O4. The van der Waals surface area contributed by atoms with E-state index in [-0.39, 0.29) is 0 Å². The maximum atomic E-state index is 11.6. The number of urea groups is 1. The fourth-order valence-electron chi connectivity index (χ4n) is 1.80. The van der Waals surface area contributed by atoms with Crippen LogP contribution in [0, 0.1) is 6.92 Å². The average molecular weight is 293 g/mol. The van der Waals surface area contributed by atoms with E-state index in [1.54, 1.807) is 0 Å². The summed E-state index contributed by atoms with van der Waals surface area (Å²) in [5.74, 6) is -2.09. The van der Waals surface area contributed by atoms with E-state index in [0.717, 1.165) is 11.1 Å². The summed E-state index contributed by atoms with van der Waals surface area (Å²) in [6.07, 6.45) is 0.184. The average Bonchev–Trinajstić information content (AvgIpc) is 2.37. The second-order valence-electron chi connectivity index (χ2n) is 4.70. The number of carbonyl (C=O) groups excluding carboxylic acids is 2. The van der Waals surface area contributed by atoms with Gasteiger partial charge in [0, 0.05) is 6.54 Å². The molecule has 0 heterocycles. The highest BCUT2D eigenvalue weighted by atomic mass is 16.4. The van der Waals surface area contributed by atoms with Crippen LogP contribution in [0.4, 0.5) is 4.79 Å². The standard InChI is InChI=1S/C14H19N3O4/c1-9-3-2-4-10(7-9)5-6-16-14(21)17-11(13(19)20)8-12(15)18/h2-4,7,11H,5-6,8H2,1H3,(H2,15,18)(H,19,20)(H2,16,17,21)/t11-/m0/s1. The lowest BCUT2D eigenvalue weighted by Gasteiger charge is -2.13. The Morgan fingerprint density at radius 3 is 2.62 bits per heavy atom. The molecule has 3 amide bonds. The highest BCUT2D eigenvalue weighted by Crippen LogP contribution is 2.03. The molecule has 5 N–H and O–H groups in total. The largest absolute Gasteiger partial charge is 0.480 e. The Balaban J connectivity index is 2.39. The van der Waals surface area contributed by atoms with Crippen molar-refractivity contribution in [2.45, 2.75) is 25.8 Å². The van der Waals surface area contributed by atoms with Gasteiger partial charge in [0.1, 0.15) is 6.04 Å². The fraction of sp³-hybridized carbons (Fsp3) is 0.357. The first kappa shape index (κ1) is 16.5. The van der Waals surface area contributed by atoms with Crippen molar-refractivity contribution < 1.29 is 19.5 Å². The van der Waals surface area contributed by atoms with Gasteiger partial charge < -0.3 is 21.5 Å². The third-order valence-corrected chi connectivity index (χ3v) is 2.79. The quantitative estimate of drug-likeness (QED) is 0.572. The zero-order valence-electron chi connectivity index (χ0n) is 11.8. The van der Waals surface area contributed by atoms with Gasteiger partial charge in [0.05, 0.1) is 6.42 Å². The molecule has 0 aliphatic carbocycles. The number of benzene rings is 1. The number of nitrogens with one attached hydrogen (secondary N) is 2. The fourth-order valence-corrected chi connectivity index (χ4v) is 1.80. The van der Waals surface area contributed by atoms with E-state index in [1.807, 2.05) is 31.2 Å². The highest BCUT2D eigenvalue weighted by Gasteiger charge is 2.21. The molecule has 0 aliphatic rings. The first-order valence-electron chi connectivity index (χ1n) is 6.49. The summed E-state index contributed by atoms with van der Waals surface area (Å²) in [5.41, 5.74) is 7.12. The first-order chi connectivity index (χ1) is 9.88. The summed E-state index contributed by atoms with van der Waals surface area (Å²) in [6.45, 7) is 2.34. The summed E-state index contributed by atoms with van der Waals surface area (Å²) in [5, 5.41) is 13.6. The molecule has 0 saturated carbocycles. The van der Waals surface area contributed by atoms with Crippen molar-refractivity contribution in [3.05, 3.63) is 35.4 Å². The molecule has 7 heteroatoms. The van der Waals surface area contributed by atoms with Crippen LogP contribution in [-0.2, 0) is 16.0 Å². The van der Waals surface area contributed by atoms with Gasteiger partial charge in [0.15, 0.2) is 0 Å². The number of nitrogens with two attached hydrogens (primary N) is 1. The zero-order chi connectivity index (χ0) is 15.8. The lowest BCUT2D eigenvalue weighted by Crippen LogP contribution is -2.48. The number of primary amides is 1. The van der Waals surface area contributed by atoms with E-state index in [9.17, 15) is 14.4 Å². The van der Waals surface area contributed by atoms with E-state index >= 15 is 0 Å². The van der Waals surface area contributed by atoms with Gasteiger partial charge in [-0.1, -0.05) is 29.8 Å². The van der Waals surface area contributed by atoms with Gasteiger partial charge in [-0.3, -0.25) is 4.79 Å². The lowest BCUT2D eigenvalue weighted by molar-refractivity contribution is -0.140. The van der Waals surface area contributed by atoms with Crippen molar-refractivity contribution in [2.75, 3.05) is 6.54 Å². The van der Waals surface area contributed by atoms with Crippen molar-refractivity contribution in [1.29, 1.82) is 0 Å². The second-order valence-corrected chi connectivity index (χ2v) is 4.70. The molecule has 7 nitrogen and oxygen atoms in total. The van der Waals surface area contributed by atoms with Crippen molar-refractivity contribution in [2.24, 2.45) is 5.73 Å². The smallest absolute Gasteiger partial charge is 0.326 e. The predicted molar refractivity (Wildman–Crippen MR) is 76.7 cm³/mol. The number of carbonyl (C=O) groups is 3. The van der Waals surface area contributed by atoms with Crippen molar-refractivity contribution in [1.82, 2.24) is 10.6 Å². The Morgan fingerprint density at radius 2 is 2.05 bits per heavy atom. The van der Waals surface area contributed by atoms with Gasteiger partial charge in [-0.2, -0.15) is 0 Å². The van der Waals surface area contributed by atoms with E-state index < -0.39 is 30.4 Å². The van der Waals surface area contributed by atoms with E-state index in [2.05, 4.69) is 10.6 Å². The Morgan fingerprint density at radius 1 is 1.33 bits per heavy atom. The normalized spacial score (nSPS) is 11.5. The molecule has 1 aromatic rings. The van der Waals surface area contributed by atoms with Crippen LogP contribution < -0.4 is 16.4 Å². The number of rotatable bonds is 7. The molecule has 1 aromatic carbocycles. The van der Waals surface area contributed by atoms with Crippen molar-refractivity contribution in [3.63, 3.8) is 0 Å². The maximum absolute atomic E-state index is 11.6. The summed E-state index contributed by atoms with van der Waals surface area (Å²) >= 11 is 0. The van der Waals surface area contributed by atoms with Crippen LogP contribution in [0.5, 0.6) is 0 Å². The number of aliphatic carboxylic acids is 1. The molecule has 1 atom stereocenters. The molecular weight excluding hydrogens is 274 g/mol. The Bertz CT molecular complexity index is 531. The molecule has 0 fully saturated rings. The van der Waals surface area contributed by atoms with Crippen LogP contribution >= 0.6 is 0 Å². The summed E-state index contributed by atoms with van der Waals surface area (Å²) in [6, 6.07) is 5.90. The number of amides is 3. The monoisotopic (exact) mass is 293 g/mol. The zero-order valence-corrected chi connectivity index (χ0v) is 11.8. The first-order valence-corrected chi connectivity index (χ1v) is 6.49. The van der Waals surface area contributed by atoms with E-state index in [1.165, 1.54) is 0 Å². The van der Waals surface area contributed by atoms with Crippen molar-refractivity contribution in [3.8, 4) is 0 Å². The SMILES string of the molecule is Cc1cccc(CCNC(=O)N[C@@H](CC(N)=O)C(=O)O)c1. The lowest BCUT2D eigenvalue weighted by atomic mass is 10.1. The summed E-state index contributed by atoms with van der Waals surface area (Å²) in [4.78, 5) is 33.1. The minimum absolute atomic E-state index is 0.359. The summed E-state index contributed by atoms with van der Waals surface area (Å²) in [7, 11) is 0. The molecule has 0 aromatic heterocycles. The van der Waals surface area contributed by atoms with Gasteiger partial charge in [-0.15, -0.1) is 0 Å². The van der Waals surface area contributed by atoms with Gasteiger partial charge in [0.2, 0.25) is 5.91 Å². The van der Waals surface area contributed by atoms with Crippen LogP contribution in [0.1, 0.15) is 17.5 Å². The van der Waals surface area contributed by atoms with Gasteiger partial charge in [-0.25, -0.2) is 9.59 Å². The van der Waals surface area contributed by atoms with Crippen molar-refractivity contribution >= 4 is 17.9 Å². The van der Waals surface area contributed by atoms with E-state index in [0.29, 0.717) is 13.0 Å². The number of aryl methyl sites for hydroxylation is 1. The van der Waals surface area contributed by atoms with E-state index in [4.69, 9.17) is 10.8 Å². The van der Waals surface area contributed by atoms with Crippen LogP contribution in [0.25, 0.3) is 0 Å². The molecule has 0 saturated heterocycles. The Labute approximate surface area is 122 Å². The second kappa shape index (κ2) is 7.88. The molecule has 1 rings (SSSR count). The van der Waals surface area contributed by atoms with Gasteiger partial charge >= 0.3 is 12.0 Å². The number of carboxylic acids is 1. The molecule has 0 radical (unpaired) electrons. The summed E-state index contributed by atoms with van der Waals surface area (Å²) < 4.78 is 0. The third-order valence-electron chi connectivity index (χ3n) is 2.79. The molecule has 114 valence electrons. The molecule has 0 unspecified atom stereocenters. The Kier molecular flexibility index (Phi) is 6.19. The molecule has 0 spiro atoms. The molecule has 21 heavy (non-hydrogen) atoms. The number of hydrogen-bond acceptors (Lipinski definition) is 3. The minimum Gasteiger partial charge on any atom is -0.480 e. The maximum Gasteiger partial charge on any atom is 0.326 e.